The summed E-state index contributed by atoms with van der Waals surface area (Å²) in [5, 5.41) is 10.1. The van der Waals surface area contributed by atoms with Gasteiger partial charge in [0.2, 0.25) is 0 Å². The maximum Gasteiger partial charge on any atom is 0.0693 e. The Morgan fingerprint density at radius 2 is 2.38 bits per heavy atom. The molecule has 1 aromatic carbocycles. The summed E-state index contributed by atoms with van der Waals surface area (Å²) < 4.78 is 0. The summed E-state index contributed by atoms with van der Waals surface area (Å²) in [6.07, 6.45) is 4.07. The Labute approximate surface area is 102 Å². The van der Waals surface area contributed by atoms with E-state index in [1.165, 1.54) is 12.0 Å². The monoisotopic (exact) mass is 233 g/mol. The second kappa shape index (κ2) is 4.47. The molecule has 0 bridgehead atoms. The Morgan fingerprint density at radius 1 is 1.56 bits per heavy atom. The van der Waals surface area contributed by atoms with Crippen molar-refractivity contribution in [1.29, 1.82) is 5.26 Å². The van der Waals surface area contributed by atoms with Gasteiger partial charge in [-0.1, -0.05) is 30.7 Å². The number of hydrogen-bond acceptors (Lipinski definition) is 1. The highest BCUT2D eigenvalue weighted by molar-refractivity contribution is 6.30. The van der Waals surface area contributed by atoms with Gasteiger partial charge in [-0.05, 0) is 49.3 Å². The first-order valence-electron chi connectivity index (χ1n) is 5.79. The first kappa shape index (κ1) is 11.5. The van der Waals surface area contributed by atoms with Crippen LogP contribution in [-0.2, 0) is 6.42 Å². The highest BCUT2D eigenvalue weighted by Gasteiger charge is 2.37. The fourth-order valence-corrected chi connectivity index (χ4v) is 2.95. The van der Waals surface area contributed by atoms with Gasteiger partial charge in [-0.15, -0.1) is 0 Å². The molecule has 16 heavy (non-hydrogen) atoms. The Morgan fingerprint density at radius 3 is 2.94 bits per heavy atom. The predicted molar refractivity (Wildman–Crippen MR) is 66.2 cm³/mol. The Bertz CT molecular complexity index is 421. The molecule has 2 rings (SSSR count). The standard InChI is InChI=1S/C14H16ClN/c1-11-5-6-14(8-11,10-16)9-12-3-2-4-13(15)7-12/h2-4,7,11H,5-6,8-9H2,1H3. The van der Waals surface area contributed by atoms with Crippen LogP contribution in [0.5, 0.6) is 0 Å². The molecular formula is C14H16ClN. The molecule has 0 aliphatic heterocycles. The van der Waals surface area contributed by atoms with Crippen LogP contribution in [0, 0.1) is 22.7 Å². The number of nitrogens with zero attached hydrogens (tertiary/aromatic N) is 1. The zero-order valence-electron chi connectivity index (χ0n) is 9.54. The summed E-state index contributed by atoms with van der Waals surface area (Å²) in [5.74, 6) is 0.679. The molecule has 2 unspecified atom stereocenters. The van der Waals surface area contributed by atoms with Gasteiger partial charge < -0.3 is 0 Å². The minimum atomic E-state index is -0.149. The fraction of sp³-hybridized carbons (Fsp3) is 0.500. The van der Waals surface area contributed by atoms with Crippen LogP contribution in [0.2, 0.25) is 5.02 Å². The van der Waals surface area contributed by atoms with Crippen molar-refractivity contribution >= 4 is 11.6 Å². The van der Waals surface area contributed by atoms with Crippen molar-refractivity contribution in [3.05, 3.63) is 34.9 Å². The highest BCUT2D eigenvalue weighted by atomic mass is 35.5. The van der Waals surface area contributed by atoms with Gasteiger partial charge in [0.1, 0.15) is 0 Å². The molecule has 0 spiro atoms. The molecule has 0 saturated heterocycles. The molecule has 1 aromatic rings. The van der Waals surface area contributed by atoms with Gasteiger partial charge in [-0.2, -0.15) is 5.26 Å². The lowest BCUT2D eigenvalue weighted by atomic mass is 9.81. The molecule has 0 heterocycles. The van der Waals surface area contributed by atoms with E-state index in [0.717, 1.165) is 24.3 Å². The number of halogens is 1. The second-order valence-electron chi connectivity index (χ2n) is 5.05. The highest BCUT2D eigenvalue weighted by Crippen LogP contribution is 2.43. The lowest BCUT2D eigenvalue weighted by molar-refractivity contribution is 0.391. The SMILES string of the molecule is CC1CCC(C#N)(Cc2cccc(Cl)c2)C1. The van der Waals surface area contributed by atoms with Gasteiger partial charge in [-0.25, -0.2) is 0 Å². The average Bonchev–Trinajstić information content (AvgIpc) is 2.61. The van der Waals surface area contributed by atoms with Crippen molar-refractivity contribution in [2.24, 2.45) is 11.3 Å². The predicted octanol–water partition coefficient (Wildman–Crippen LogP) is 4.21. The molecule has 1 fully saturated rings. The topological polar surface area (TPSA) is 23.8 Å². The second-order valence-corrected chi connectivity index (χ2v) is 5.48. The van der Waals surface area contributed by atoms with E-state index in [2.05, 4.69) is 19.1 Å². The van der Waals surface area contributed by atoms with Crippen molar-refractivity contribution in [2.75, 3.05) is 0 Å². The van der Waals surface area contributed by atoms with Crippen LogP contribution < -0.4 is 0 Å². The molecule has 2 heteroatoms. The van der Waals surface area contributed by atoms with Gasteiger partial charge >= 0.3 is 0 Å². The lowest BCUT2D eigenvalue weighted by Gasteiger charge is -2.20. The molecule has 0 amide bonds. The molecule has 0 N–H and O–H groups in total. The molecule has 0 radical (unpaired) electrons. The minimum absolute atomic E-state index is 0.149. The number of benzene rings is 1. The first-order chi connectivity index (χ1) is 7.63. The molecule has 84 valence electrons. The van der Waals surface area contributed by atoms with E-state index in [9.17, 15) is 5.26 Å². The zero-order chi connectivity index (χ0) is 11.6. The molecule has 2 atom stereocenters. The van der Waals surface area contributed by atoms with Crippen molar-refractivity contribution in [3.8, 4) is 6.07 Å². The van der Waals surface area contributed by atoms with Crippen molar-refractivity contribution in [2.45, 2.75) is 32.6 Å². The minimum Gasteiger partial charge on any atom is -0.198 e. The lowest BCUT2D eigenvalue weighted by Crippen LogP contribution is -2.17. The van der Waals surface area contributed by atoms with Gasteiger partial charge in [0.15, 0.2) is 0 Å². The maximum atomic E-state index is 9.38. The Kier molecular flexibility index (Phi) is 3.21. The van der Waals surface area contributed by atoms with E-state index in [0.29, 0.717) is 5.92 Å². The number of hydrogen-bond donors (Lipinski definition) is 0. The van der Waals surface area contributed by atoms with Crippen LogP contribution >= 0.6 is 11.6 Å². The van der Waals surface area contributed by atoms with Crippen LogP contribution in [0.15, 0.2) is 24.3 Å². The van der Waals surface area contributed by atoms with Crippen molar-refractivity contribution in [1.82, 2.24) is 0 Å². The molecule has 1 aliphatic rings. The van der Waals surface area contributed by atoms with Crippen molar-refractivity contribution in [3.63, 3.8) is 0 Å². The van der Waals surface area contributed by atoms with E-state index in [1.807, 2.05) is 18.2 Å². The number of rotatable bonds is 2. The van der Waals surface area contributed by atoms with Gasteiger partial charge in [0, 0.05) is 5.02 Å². The third-order valence-corrected chi connectivity index (χ3v) is 3.76. The van der Waals surface area contributed by atoms with Gasteiger partial charge in [0.25, 0.3) is 0 Å². The van der Waals surface area contributed by atoms with E-state index in [4.69, 9.17) is 11.6 Å². The normalized spacial score (nSPS) is 28.9. The van der Waals surface area contributed by atoms with Gasteiger partial charge in [0.05, 0.1) is 11.5 Å². The third kappa shape index (κ3) is 2.39. The molecule has 1 aliphatic carbocycles. The fourth-order valence-electron chi connectivity index (χ4n) is 2.73. The van der Waals surface area contributed by atoms with E-state index < -0.39 is 0 Å². The largest absolute Gasteiger partial charge is 0.198 e. The smallest absolute Gasteiger partial charge is 0.0693 e. The summed E-state index contributed by atoms with van der Waals surface area (Å²) in [6.45, 7) is 2.23. The molecule has 0 aromatic heterocycles. The van der Waals surface area contributed by atoms with Gasteiger partial charge in [-0.3, -0.25) is 0 Å². The summed E-state index contributed by atoms with van der Waals surface area (Å²) in [6, 6.07) is 10.4. The van der Waals surface area contributed by atoms with E-state index in [1.54, 1.807) is 0 Å². The summed E-state index contributed by atoms with van der Waals surface area (Å²) in [5.41, 5.74) is 1.03. The van der Waals surface area contributed by atoms with Crippen LogP contribution in [0.3, 0.4) is 0 Å². The first-order valence-corrected chi connectivity index (χ1v) is 6.17. The van der Waals surface area contributed by atoms with Crippen LogP contribution in [0.25, 0.3) is 0 Å². The van der Waals surface area contributed by atoms with Crippen LogP contribution in [0.1, 0.15) is 31.7 Å². The number of nitriles is 1. The molecule has 1 saturated carbocycles. The average molecular weight is 234 g/mol. The Hall–Kier alpha value is -1.00. The third-order valence-electron chi connectivity index (χ3n) is 3.52. The summed E-state index contributed by atoms with van der Waals surface area (Å²) >= 11 is 5.96. The summed E-state index contributed by atoms with van der Waals surface area (Å²) in [7, 11) is 0. The summed E-state index contributed by atoms with van der Waals surface area (Å²) in [4.78, 5) is 0. The van der Waals surface area contributed by atoms with E-state index >= 15 is 0 Å². The van der Waals surface area contributed by atoms with Crippen LogP contribution in [-0.4, -0.2) is 0 Å². The quantitative estimate of drug-likeness (QED) is 0.751. The van der Waals surface area contributed by atoms with Crippen molar-refractivity contribution < 1.29 is 0 Å². The maximum absolute atomic E-state index is 9.38. The zero-order valence-corrected chi connectivity index (χ0v) is 10.3. The Balaban J connectivity index is 2.17. The molecule has 1 nitrogen and oxygen atoms in total. The molecular weight excluding hydrogens is 218 g/mol. The van der Waals surface area contributed by atoms with Crippen LogP contribution in [0.4, 0.5) is 0 Å². The van der Waals surface area contributed by atoms with E-state index in [-0.39, 0.29) is 5.41 Å².